The fourth-order valence-corrected chi connectivity index (χ4v) is 4.25. The van der Waals surface area contributed by atoms with Crippen molar-refractivity contribution in [1.29, 1.82) is 0 Å². The van der Waals surface area contributed by atoms with Gasteiger partial charge in [0.15, 0.2) is 6.54 Å². The van der Waals surface area contributed by atoms with Crippen molar-refractivity contribution in [3.8, 4) is 0 Å². The van der Waals surface area contributed by atoms with Gasteiger partial charge in [0.05, 0.1) is 0 Å². The number of anilines is 1. The van der Waals surface area contributed by atoms with Crippen LogP contribution in [0.3, 0.4) is 0 Å². The van der Waals surface area contributed by atoms with E-state index >= 15 is 0 Å². The van der Waals surface area contributed by atoms with Gasteiger partial charge in [0, 0.05) is 29.2 Å². The van der Waals surface area contributed by atoms with Gasteiger partial charge >= 0.3 is 0 Å². The number of ketones is 1. The Labute approximate surface area is 177 Å². The first-order chi connectivity index (χ1) is 14.4. The molecule has 1 aliphatic rings. The van der Waals surface area contributed by atoms with E-state index in [1.54, 1.807) is 12.1 Å². The number of hydrogen-bond donors (Lipinski definition) is 3. The second-order valence-electron chi connectivity index (χ2n) is 8.27. The Morgan fingerprint density at radius 2 is 1.63 bits per heavy atom. The van der Waals surface area contributed by atoms with E-state index in [2.05, 4.69) is 23.7 Å². The molecule has 2 heterocycles. The lowest BCUT2D eigenvalue weighted by atomic mass is 10.1. The van der Waals surface area contributed by atoms with E-state index in [1.807, 2.05) is 13.0 Å². The average molecular weight is 417 g/mol. The number of aromatic nitrogens is 1. The summed E-state index contributed by atoms with van der Waals surface area (Å²) in [4.78, 5) is 27.6. The summed E-state index contributed by atoms with van der Waals surface area (Å²) in [7, 11) is 0. The van der Waals surface area contributed by atoms with Gasteiger partial charge in [0.1, 0.15) is 38.5 Å². The van der Waals surface area contributed by atoms with E-state index in [1.165, 1.54) is 21.9 Å². The van der Waals surface area contributed by atoms with Crippen molar-refractivity contribution in [3.05, 3.63) is 53.1 Å². The molecule has 30 heavy (non-hydrogen) atoms. The number of carbonyl (C=O) groups is 2. The second kappa shape index (κ2) is 10.00. The Morgan fingerprint density at radius 1 is 1.03 bits per heavy atom. The smallest absolute Gasteiger partial charge is 0.279 e. The van der Waals surface area contributed by atoms with Crippen LogP contribution in [0, 0.1) is 19.7 Å². The van der Waals surface area contributed by atoms with Crippen molar-refractivity contribution in [3.63, 3.8) is 0 Å². The first-order valence-electron chi connectivity index (χ1n) is 10.8. The number of carbonyl (C=O) groups excluding carboxylic acids is 2. The highest BCUT2D eigenvalue weighted by Gasteiger charge is 2.27. The van der Waals surface area contributed by atoms with Crippen molar-refractivity contribution in [2.45, 2.75) is 33.7 Å². The van der Waals surface area contributed by atoms with Gasteiger partial charge in [-0.1, -0.05) is 6.92 Å². The number of quaternary nitrogens is 2. The van der Waals surface area contributed by atoms with E-state index < -0.39 is 0 Å². The minimum absolute atomic E-state index is 0.0699. The zero-order valence-electron chi connectivity index (χ0n) is 18.2. The predicted molar refractivity (Wildman–Crippen MR) is 115 cm³/mol. The molecule has 3 rings (SSSR count). The van der Waals surface area contributed by atoms with E-state index in [0.717, 1.165) is 56.1 Å². The summed E-state index contributed by atoms with van der Waals surface area (Å²) in [5, 5.41) is 2.82. The lowest BCUT2D eigenvalue weighted by molar-refractivity contribution is -1.00. The number of piperazine rings is 1. The highest BCUT2D eigenvalue weighted by molar-refractivity contribution is 5.98. The summed E-state index contributed by atoms with van der Waals surface area (Å²) in [5.74, 6) is -0.183. The maximum atomic E-state index is 13.0. The van der Waals surface area contributed by atoms with Crippen molar-refractivity contribution >= 4 is 17.4 Å². The maximum absolute atomic E-state index is 13.0. The van der Waals surface area contributed by atoms with Crippen molar-refractivity contribution in [2.75, 3.05) is 44.6 Å². The van der Waals surface area contributed by atoms with Crippen LogP contribution in [0.25, 0.3) is 0 Å². The van der Waals surface area contributed by atoms with Gasteiger partial charge in [0.2, 0.25) is 5.78 Å². The summed E-state index contributed by atoms with van der Waals surface area (Å²) < 4.78 is 15.2. The molecule has 1 aromatic heterocycles. The van der Waals surface area contributed by atoms with Crippen LogP contribution in [0.15, 0.2) is 30.3 Å². The van der Waals surface area contributed by atoms with Gasteiger partial charge in [-0.25, -0.2) is 4.39 Å². The molecule has 0 spiro atoms. The molecule has 3 N–H and O–H groups in total. The van der Waals surface area contributed by atoms with Gasteiger partial charge in [-0.3, -0.25) is 9.59 Å². The van der Waals surface area contributed by atoms with Gasteiger partial charge in [-0.2, -0.15) is 0 Å². The highest BCUT2D eigenvalue weighted by Crippen LogP contribution is 2.15. The lowest BCUT2D eigenvalue weighted by Crippen LogP contribution is -3.28. The van der Waals surface area contributed by atoms with Crippen LogP contribution in [0.4, 0.5) is 10.1 Å². The Kier molecular flexibility index (Phi) is 7.39. The zero-order valence-corrected chi connectivity index (χ0v) is 18.2. The lowest BCUT2D eigenvalue weighted by Gasteiger charge is -2.29. The number of benzene rings is 1. The molecule has 0 bridgehead atoms. The minimum Gasteiger partial charge on any atom is -0.348 e. The van der Waals surface area contributed by atoms with Crippen molar-refractivity contribution in [1.82, 2.24) is 4.57 Å². The summed E-state index contributed by atoms with van der Waals surface area (Å²) in [6, 6.07) is 7.82. The van der Waals surface area contributed by atoms with Crippen LogP contribution in [0.1, 0.15) is 35.1 Å². The Bertz CT molecular complexity index is 883. The summed E-state index contributed by atoms with van der Waals surface area (Å²) >= 11 is 0. The predicted octanol–water partition coefficient (Wildman–Crippen LogP) is 0.259. The molecule has 1 fully saturated rings. The Morgan fingerprint density at radius 3 is 2.23 bits per heavy atom. The molecule has 0 saturated carbocycles. The number of nitrogens with one attached hydrogen (secondary N) is 3. The molecule has 2 aromatic rings. The standard InChI is InChI=1S/C23H31FN4O2/c1-4-9-28-17(2)14-21(18(28)3)22(29)15-26-10-12-27(13-11-26)16-23(30)25-20-7-5-19(24)6-8-20/h5-8,14H,4,9-13,15-16H2,1-3H3,(H,25,30)/p+2. The summed E-state index contributed by atoms with van der Waals surface area (Å²) in [6.45, 7) is 11.5. The number of amides is 1. The molecule has 1 aliphatic heterocycles. The first kappa shape index (κ1) is 22.2. The van der Waals surface area contributed by atoms with Crippen LogP contribution in [0.2, 0.25) is 0 Å². The molecule has 0 aliphatic carbocycles. The molecule has 162 valence electrons. The molecule has 0 radical (unpaired) electrons. The van der Waals surface area contributed by atoms with Crippen LogP contribution < -0.4 is 15.1 Å². The van der Waals surface area contributed by atoms with E-state index in [4.69, 9.17) is 0 Å². The van der Waals surface area contributed by atoms with Gasteiger partial charge in [-0.05, 0) is 50.6 Å². The highest BCUT2D eigenvalue weighted by atomic mass is 19.1. The van der Waals surface area contributed by atoms with Crippen molar-refractivity contribution < 1.29 is 23.8 Å². The molecule has 1 saturated heterocycles. The molecular weight excluding hydrogens is 383 g/mol. The number of nitrogens with zero attached hydrogens (tertiary/aromatic N) is 1. The van der Waals surface area contributed by atoms with Crippen LogP contribution in [-0.4, -0.2) is 55.5 Å². The number of Topliss-reactive ketones (excluding diaryl/α,β-unsaturated/α-hetero) is 1. The van der Waals surface area contributed by atoms with Gasteiger partial charge in [0.25, 0.3) is 5.91 Å². The molecule has 7 heteroatoms. The quantitative estimate of drug-likeness (QED) is 0.541. The number of aryl methyl sites for hydroxylation is 1. The largest absolute Gasteiger partial charge is 0.348 e. The van der Waals surface area contributed by atoms with E-state index in [0.29, 0.717) is 18.8 Å². The van der Waals surface area contributed by atoms with E-state index in [-0.39, 0.29) is 17.5 Å². The third-order valence-corrected chi connectivity index (χ3v) is 5.93. The topological polar surface area (TPSA) is 60.0 Å². The Hall–Kier alpha value is -2.51. The summed E-state index contributed by atoms with van der Waals surface area (Å²) in [6.07, 6.45) is 1.05. The molecule has 1 aromatic carbocycles. The number of halogens is 1. The zero-order chi connectivity index (χ0) is 21.7. The van der Waals surface area contributed by atoms with Crippen LogP contribution in [-0.2, 0) is 11.3 Å². The first-order valence-corrected chi connectivity index (χ1v) is 10.8. The molecule has 0 unspecified atom stereocenters. The molecule has 6 nitrogen and oxygen atoms in total. The van der Waals surface area contributed by atoms with Crippen LogP contribution >= 0.6 is 0 Å². The SMILES string of the molecule is CCCn1c(C)cc(C(=O)C[NH+]2CC[NH+](CC(=O)Nc3ccc(F)cc3)CC2)c1C. The molecular formula is C23H33FN4O2+2. The van der Waals surface area contributed by atoms with Gasteiger partial charge < -0.3 is 19.7 Å². The normalized spacial score (nSPS) is 18.9. The second-order valence-corrected chi connectivity index (χ2v) is 8.27. The fraction of sp³-hybridized carbons (Fsp3) is 0.478. The monoisotopic (exact) mass is 416 g/mol. The van der Waals surface area contributed by atoms with Crippen molar-refractivity contribution in [2.24, 2.45) is 0 Å². The molecule has 0 atom stereocenters. The third kappa shape index (κ3) is 5.55. The van der Waals surface area contributed by atoms with Crippen LogP contribution in [0.5, 0.6) is 0 Å². The Balaban J connectivity index is 1.46. The van der Waals surface area contributed by atoms with E-state index in [9.17, 15) is 14.0 Å². The number of rotatable bonds is 8. The van der Waals surface area contributed by atoms with Gasteiger partial charge in [-0.15, -0.1) is 0 Å². The minimum atomic E-state index is -0.320. The average Bonchev–Trinajstić information content (AvgIpc) is 3.00. The number of hydrogen-bond acceptors (Lipinski definition) is 2. The molecule has 1 amide bonds. The fourth-order valence-electron chi connectivity index (χ4n) is 4.25. The maximum Gasteiger partial charge on any atom is 0.279 e. The third-order valence-electron chi connectivity index (χ3n) is 5.93. The summed E-state index contributed by atoms with van der Waals surface area (Å²) in [5.41, 5.74) is 3.67.